The Morgan fingerprint density at radius 1 is 1.33 bits per heavy atom. The number of rotatable bonds is 2. The van der Waals surface area contributed by atoms with E-state index in [2.05, 4.69) is 4.98 Å². The van der Waals surface area contributed by atoms with Crippen molar-refractivity contribution >= 4 is 17.9 Å². The number of hydrogen-bond acceptors (Lipinski definition) is 4. The van der Waals surface area contributed by atoms with Crippen LogP contribution in [0.2, 0.25) is 0 Å². The molecule has 0 fully saturated rings. The first kappa shape index (κ1) is 16.2. The highest BCUT2D eigenvalue weighted by atomic mass is 16.6. The molecule has 0 aliphatic heterocycles. The van der Waals surface area contributed by atoms with E-state index in [0.717, 1.165) is 5.56 Å². The van der Waals surface area contributed by atoms with Crippen LogP contribution in [0.5, 0.6) is 0 Å². The molecule has 2 N–H and O–H groups in total. The minimum Gasteiger partial charge on any atom is -0.457 e. The Labute approximate surface area is 109 Å². The third kappa shape index (κ3) is 7.44. The Hall–Kier alpha value is -1.84. The predicted octanol–water partition coefficient (Wildman–Crippen LogP) is 3.04. The summed E-state index contributed by atoms with van der Waals surface area (Å²) in [4.78, 5) is 15.3. The van der Waals surface area contributed by atoms with E-state index in [4.69, 9.17) is 10.5 Å². The summed E-state index contributed by atoms with van der Waals surface area (Å²) in [5.74, 6) is 0.0822. The molecule has 0 saturated heterocycles. The summed E-state index contributed by atoms with van der Waals surface area (Å²) in [6.07, 6.45) is 4.61. The van der Waals surface area contributed by atoms with Gasteiger partial charge in [0.15, 0.2) is 0 Å². The number of esters is 1. The number of hydrogen-bond donors (Lipinski definition) is 1. The van der Waals surface area contributed by atoms with Crippen LogP contribution in [0.1, 0.15) is 40.2 Å². The van der Waals surface area contributed by atoms with Crippen LogP contribution in [0.3, 0.4) is 0 Å². The zero-order valence-corrected chi connectivity index (χ0v) is 11.7. The fourth-order valence-corrected chi connectivity index (χ4v) is 1.02. The van der Waals surface area contributed by atoms with Crippen LogP contribution < -0.4 is 5.73 Å². The molecule has 0 unspecified atom stereocenters. The van der Waals surface area contributed by atoms with Crippen LogP contribution in [0.25, 0.3) is 6.08 Å². The second-order valence-corrected chi connectivity index (χ2v) is 4.38. The average molecular weight is 250 g/mol. The van der Waals surface area contributed by atoms with E-state index in [1.807, 2.05) is 34.6 Å². The van der Waals surface area contributed by atoms with Gasteiger partial charge in [-0.2, -0.15) is 0 Å². The molecule has 100 valence electrons. The van der Waals surface area contributed by atoms with Gasteiger partial charge in [-0.15, -0.1) is 0 Å². The fourth-order valence-electron chi connectivity index (χ4n) is 1.02. The van der Waals surface area contributed by atoms with Crippen LogP contribution in [0, 0.1) is 0 Å². The third-order valence-electron chi connectivity index (χ3n) is 1.63. The molecule has 1 aromatic heterocycles. The lowest BCUT2D eigenvalue weighted by atomic mass is 10.2. The average Bonchev–Trinajstić information content (AvgIpc) is 2.29. The summed E-state index contributed by atoms with van der Waals surface area (Å²) in [6, 6.07) is 3.46. The van der Waals surface area contributed by atoms with Gasteiger partial charge >= 0.3 is 5.97 Å². The maximum Gasteiger partial charge on any atom is 0.331 e. The molecule has 0 atom stereocenters. The molecule has 18 heavy (non-hydrogen) atoms. The van der Waals surface area contributed by atoms with Crippen molar-refractivity contribution in [1.29, 1.82) is 0 Å². The molecule has 1 heterocycles. The summed E-state index contributed by atoms with van der Waals surface area (Å²) in [5, 5.41) is 0. The molecular weight excluding hydrogens is 228 g/mol. The van der Waals surface area contributed by atoms with E-state index in [-0.39, 0.29) is 5.97 Å². The van der Waals surface area contributed by atoms with E-state index in [9.17, 15) is 4.79 Å². The summed E-state index contributed by atoms with van der Waals surface area (Å²) in [5.41, 5.74) is 5.77. The normalized spacial score (nSPS) is 10.7. The molecule has 0 spiro atoms. The molecule has 0 radical (unpaired) electrons. The van der Waals surface area contributed by atoms with E-state index in [1.165, 1.54) is 6.08 Å². The monoisotopic (exact) mass is 250 g/mol. The van der Waals surface area contributed by atoms with Crippen LogP contribution in [0.15, 0.2) is 24.4 Å². The Balaban J connectivity index is 0.00000137. The van der Waals surface area contributed by atoms with Crippen molar-refractivity contribution in [1.82, 2.24) is 4.98 Å². The lowest BCUT2D eigenvalue weighted by molar-refractivity contribution is -0.148. The molecule has 0 aromatic carbocycles. The second-order valence-electron chi connectivity index (χ2n) is 4.38. The fraction of sp³-hybridized carbons (Fsp3) is 0.429. The molecule has 0 aliphatic carbocycles. The number of carbonyl (C=O) groups excluding carboxylic acids is 1. The highest BCUT2D eigenvalue weighted by molar-refractivity contribution is 5.87. The SMILES string of the molecule is CC.CC(C)(C)OC(=O)/C=C/c1ccc(N)nc1. The number of ether oxygens (including phenoxy) is 1. The Bertz CT molecular complexity index is 389. The topological polar surface area (TPSA) is 65.2 Å². The van der Waals surface area contributed by atoms with Crippen LogP contribution >= 0.6 is 0 Å². The number of nitrogens with zero attached hydrogens (tertiary/aromatic N) is 1. The van der Waals surface area contributed by atoms with Gasteiger partial charge < -0.3 is 10.5 Å². The Kier molecular flexibility index (Phi) is 6.71. The largest absolute Gasteiger partial charge is 0.457 e. The standard InChI is InChI=1S/C12H16N2O2.C2H6/c1-12(2,3)16-11(15)7-5-9-4-6-10(13)14-8-9;1-2/h4-8H,1-3H3,(H2,13,14);1-2H3/b7-5+;. The van der Waals surface area contributed by atoms with Crippen molar-refractivity contribution in [3.63, 3.8) is 0 Å². The van der Waals surface area contributed by atoms with E-state index >= 15 is 0 Å². The number of carbonyl (C=O) groups is 1. The smallest absolute Gasteiger partial charge is 0.331 e. The number of anilines is 1. The predicted molar refractivity (Wildman–Crippen MR) is 74.9 cm³/mol. The molecule has 1 aromatic rings. The van der Waals surface area contributed by atoms with Gasteiger partial charge in [0.05, 0.1) is 0 Å². The Morgan fingerprint density at radius 3 is 2.39 bits per heavy atom. The minimum atomic E-state index is -0.471. The first-order chi connectivity index (χ1) is 8.37. The molecule has 0 aliphatic rings. The molecular formula is C14H22N2O2. The van der Waals surface area contributed by atoms with E-state index in [1.54, 1.807) is 24.4 Å². The van der Waals surface area contributed by atoms with E-state index < -0.39 is 5.60 Å². The van der Waals surface area contributed by atoms with Crippen molar-refractivity contribution in [3.05, 3.63) is 30.0 Å². The Morgan fingerprint density at radius 2 is 1.94 bits per heavy atom. The maximum atomic E-state index is 11.3. The highest BCUT2D eigenvalue weighted by Gasteiger charge is 2.13. The van der Waals surface area contributed by atoms with Crippen molar-refractivity contribution in [3.8, 4) is 0 Å². The molecule has 4 nitrogen and oxygen atoms in total. The van der Waals surface area contributed by atoms with Crippen LogP contribution in [0.4, 0.5) is 5.82 Å². The lowest BCUT2D eigenvalue weighted by Crippen LogP contribution is -2.22. The quantitative estimate of drug-likeness (QED) is 0.647. The summed E-state index contributed by atoms with van der Waals surface area (Å²) >= 11 is 0. The molecule has 0 amide bonds. The number of nitrogens with two attached hydrogens (primary N) is 1. The summed E-state index contributed by atoms with van der Waals surface area (Å²) in [7, 11) is 0. The molecule has 0 bridgehead atoms. The van der Waals surface area contributed by atoms with Gasteiger partial charge in [-0.1, -0.05) is 13.8 Å². The third-order valence-corrected chi connectivity index (χ3v) is 1.63. The van der Waals surface area contributed by atoms with Crippen molar-refractivity contribution in [2.75, 3.05) is 5.73 Å². The number of nitrogen functional groups attached to an aromatic ring is 1. The van der Waals surface area contributed by atoms with Gasteiger partial charge in [-0.3, -0.25) is 0 Å². The second kappa shape index (κ2) is 7.48. The summed E-state index contributed by atoms with van der Waals surface area (Å²) < 4.78 is 5.11. The zero-order chi connectivity index (χ0) is 14.2. The molecule has 1 rings (SSSR count). The van der Waals surface area contributed by atoms with Crippen LogP contribution in [-0.2, 0) is 9.53 Å². The van der Waals surface area contributed by atoms with E-state index in [0.29, 0.717) is 5.82 Å². The summed E-state index contributed by atoms with van der Waals surface area (Å²) in [6.45, 7) is 9.47. The lowest BCUT2D eigenvalue weighted by Gasteiger charge is -2.17. The van der Waals surface area contributed by atoms with Gasteiger partial charge in [0, 0.05) is 12.3 Å². The first-order valence-electron chi connectivity index (χ1n) is 5.99. The maximum absolute atomic E-state index is 11.3. The number of aromatic nitrogens is 1. The van der Waals surface area contributed by atoms with Crippen LogP contribution in [-0.4, -0.2) is 16.6 Å². The van der Waals surface area contributed by atoms with Gasteiger partial charge in [0.2, 0.25) is 0 Å². The van der Waals surface area contributed by atoms with Gasteiger partial charge in [0.25, 0.3) is 0 Å². The van der Waals surface area contributed by atoms with Crippen molar-refractivity contribution in [2.45, 2.75) is 40.2 Å². The van der Waals surface area contributed by atoms with Gasteiger partial charge in [-0.05, 0) is 44.5 Å². The van der Waals surface area contributed by atoms with Crippen molar-refractivity contribution in [2.24, 2.45) is 0 Å². The van der Waals surface area contributed by atoms with Gasteiger partial charge in [0.1, 0.15) is 11.4 Å². The van der Waals surface area contributed by atoms with Gasteiger partial charge in [-0.25, -0.2) is 9.78 Å². The highest BCUT2D eigenvalue weighted by Crippen LogP contribution is 2.08. The molecule has 4 heteroatoms. The number of pyridine rings is 1. The molecule has 0 saturated carbocycles. The van der Waals surface area contributed by atoms with Crippen molar-refractivity contribution < 1.29 is 9.53 Å². The zero-order valence-electron chi connectivity index (χ0n) is 11.7. The minimum absolute atomic E-state index is 0.371. The first-order valence-corrected chi connectivity index (χ1v) is 5.99.